The van der Waals surface area contributed by atoms with Gasteiger partial charge < -0.3 is 4.74 Å². The van der Waals surface area contributed by atoms with Crippen LogP contribution >= 0.6 is 23.2 Å². The van der Waals surface area contributed by atoms with Crippen LogP contribution in [0.1, 0.15) is 11.1 Å². The fourth-order valence-electron chi connectivity index (χ4n) is 1.65. The monoisotopic (exact) mass is 295 g/mol. The third-order valence-corrected chi connectivity index (χ3v) is 3.35. The molecule has 0 N–H and O–H groups in total. The Hall–Kier alpha value is -1.58. The van der Waals surface area contributed by atoms with Crippen LogP contribution in [0.4, 0.5) is 0 Å². The van der Waals surface area contributed by atoms with Crippen molar-refractivity contribution >= 4 is 23.2 Å². The minimum absolute atomic E-state index is 0.158. The maximum atomic E-state index is 10.2. The van der Waals surface area contributed by atoms with Gasteiger partial charge in [0.2, 0.25) is 0 Å². The van der Waals surface area contributed by atoms with Crippen LogP contribution < -0.4 is 4.74 Å². The van der Waals surface area contributed by atoms with Crippen LogP contribution in [0.2, 0.25) is 10.0 Å². The maximum absolute atomic E-state index is 10.2. The molecule has 0 aromatic heterocycles. The number of rotatable bonds is 5. The average molecular weight is 296 g/mol. The van der Waals surface area contributed by atoms with Gasteiger partial charge in [-0.15, -0.1) is 0 Å². The molecule has 0 aliphatic heterocycles. The summed E-state index contributed by atoms with van der Waals surface area (Å²) in [6, 6.07) is 12.7. The van der Waals surface area contributed by atoms with E-state index in [2.05, 4.69) is 5.18 Å². The van der Waals surface area contributed by atoms with Crippen LogP contribution in [0.25, 0.3) is 0 Å². The molecule has 0 aliphatic carbocycles. The van der Waals surface area contributed by atoms with E-state index in [4.69, 9.17) is 27.9 Å². The second kappa shape index (κ2) is 6.55. The second-order valence-electron chi connectivity index (χ2n) is 3.95. The lowest BCUT2D eigenvalue weighted by atomic mass is 10.1. The zero-order valence-electron chi connectivity index (χ0n) is 9.98. The topological polar surface area (TPSA) is 38.7 Å². The summed E-state index contributed by atoms with van der Waals surface area (Å²) in [6.07, 6.45) is 0. The van der Waals surface area contributed by atoms with E-state index in [-0.39, 0.29) is 6.54 Å². The van der Waals surface area contributed by atoms with Crippen LogP contribution in [0.3, 0.4) is 0 Å². The molecule has 0 saturated heterocycles. The summed E-state index contributed by atoms with van der Waals surface area (Å²) in [6.45, 7) is 0.512. The summed E-state index contributed by atoms with van der Waals surface area (Å²) in [5.74, 6) is 0.535. The Balaban J connectivity index is 2.08. The van der Waals surface area contributed by atoms with Gasteiger partial charge in [0.1, 0.15) is 23.9 Å². The molecule has 0 spiro atoms. The molecular formula is C14H11Cl2NO2. The molecule has 0 saturated carbocycles. The van der Waals surface area contributed by atoms with Gasteiger partial charge in [0.05, 0.1) is 5.02 Å². The lowest BCUT2D eigenvalue weighted by Crippen LogP contribution is -1.97. The molecular weight excluding hydrogens is 285 g/mol. The lowest BCUT2D eigenvalue weighted by Gasteiger charge is -2.09. The van der Waals surface area contributed by atoms with E-state index in [0.717, 1.165) is 11.1 Å². The molecule has 0 radical (unpaired) electrons. The first-order chi connectivity index (χ1) is 9.20. The quantitative estimate of drug-likeness (QED) is 0.740. The van der Waals surface area contributed by atoms with Gasteiger partial charge in [-0.05, 0) is 23.3 Å². The highest BCUT2D eigenvalue weighted by atomic mass is 35.5. The van der Waals surface area contributed by atoms with Crippen LogP contribution in [0, 0.1) is 4.91 Å². The molecule has 0 atom stereocenters. The third kappa shape index (κ3) is 3.69. The fraction of sp³-hybridized carbons (Fsp3) is 0.143. The highest BCUT2D eigenvalue weighted by Crippen LogP contribution is 2.31. The van der Waals surface area contributed by atoms with E-state index in [1.165, 1.54) is 0 Å². The van der Waals surface area contributed by atoms with Gasteiger partial charge in [-0.25, -0.2) is 0 Å². The van der Waals surface area contributed by atoms with Gasteiger partial charge in [0, 0.05) is 0 Å². The number of ether oxygens (including phenoxy) is 1. The van der Waals surface area contributed by atoms with Gasteiger partial charge in [0.15, 0.2) is 0 Å². The van der Waals surface area contributed by atoms with Crippen molar-refractivity contribution in [3.63, 3.8) is 0 Å². The summed E-state index contributed by atoms with van der Waals surface area (Å²) in [7, 11) is 0. The number of hydrogen-bond donors (Lipinski definition) is 0. The largest absolute Gasteiger partial charge is 0.487 e. The van der Waals surface area contributed by atoms with Crippen LogP contribution in [0.5, 0.6) is 5.75 Å². The molecule has 3 nitrogen and oxygen atoms in total. The predicted octanol–water partition coefficient (Wildman–Crippen LogP) is 4.84. The van der Waals surface area contributed by atoms with Crippen molar-refractivity contribution in [1.82, 2.24) is 0 Å². The molecule has 0 heterocycles. The highest BCUT2D eigenvalue weighted by Gasteiger charge is 2.05. The van der Waals surface area contributed by atoms with Crippen molar-refractivity contribution in [3.05, 3.63) is 68.5 Å². The Kier molecular flexibility index (Phi) is 4.77. The van der Waals surface area contributed by atoms with Gasteiger partial charge in [-0.2, -0.15) is 4.91 Å². The van der Waals surface area contributed by atoms with Crippen LogP contribution in [-0.2, 0) is 13.2 Å². The van der Waals surface area contributed by atoms with Crippen LogP contribution in [0.15, 0.2) is 47.6 Å². The normalized spacial score (nSPS) is 10.2. The summed E-state index contributed by atoms with van der Waals surface area (Å²) < 4.78 is 5.61. The minimum Gasteiger partial charge on any atom is -0.487 e. The second-order valence-corrected chi connectivity index (χ2v) is 4.73. The number of nitroso groups, excluding NO2 is 1. The van der Waals surface area contributed by atoms with Crippen molar-refractivity contribution in [2.45, 2.75) is 13.2 Å². The highest BCUT2D eigenvalue weighted by molar-refractivity contribution is 6.42. The Morgan fingerprint density at radius 2 is 1.79 bits per heavy atom. The number of halogens is 2. The number of hydrogen-bond acceptors (Lipinski definition) is 3. The molecule has 19 heavy (non-hydrogen) atoms. The molecule has 5 heteroatoms. The van der Waals surface area contributed by atoms with Gasteiger partial charge in [0.25, 0.3) is 0 Å². The van der Waals surface area contributed by atoms with E-state index in [0.29, 0.717) is 22.4 Å². The molecule has 0 fully saturated rings. The Bertz CT molecular complexity index is 587. The van der Waals surface area contributed by atoms with Gasteiger partial charge in [-0.3, -0.25) is 0 Å². The zero-order chi connectivity index (χ0) is 13.7. The number of nitrogens with zero attached hydrogens (tertiary/aromatic N) is 1. The summed E-state index contributed by atoms with van der Waals surface area (Å²) in [5.41, 5.74) is 1.80. The first kappa shape index (κ1) is 13.8. The minimum atomic E-state index is 0.158. The average Bonchev–Trinajstić information content (AvgIpc) is 2.41. The first-order valence-corrected chi connectivity index (χ1v) is 6.40. The van der Waals surface area contributed by atoms with E-state index in [1.54, 1.807) is 18.2 Å². The first-order valence-electron chi connectivity index (χ1n) is 5.64. The maximum Gasteiger partial charge on any atom is 0.139 e. The van der Waals surface area contributed by atoms with E-state index in [9.17, 15) is 4.91 Å². The van der Waals surface area contributed by atoms with E-state index >= 15 is 0 Å². The van der Waals surface area contributed by atoms with Gasteiger partial charge >= 0.3 is 0 Å². The molecule has 2 aromatic rings. The van der Waals surface area contributed by atoms with Crippen molar-refractivity contribution < 1.29 is 4.74 Å². The third-order valence-electron chi connectivity index (χ3n) is 2.55. The summed E-state index contributed by atoms with van der Waals surface area (Å²) in [5, 5.41) is 3.72. The Morgan fingerprint density at radius 3 is 2.58 bits per heavy atom. The van der Waals surface area contributed by atoms with E-state index in [1.807, 2.05) is 24.3 Å². The molecule has 2 aromatic carbocycles. The molecule has 0 bridgehead atoms. The van der Waals surface area contributed by atoms with E-state index < -0.39 is 0 Å². The fourth-order valence-corrected chi connectivity index (χ4v) is 2.00. The summed E-state index contributed by atoms with van der Waals surface area (Å²) in [4.78, 5) is 10.2. The SMILES string of the molecule is O=NCc1cccc(COc2cccc(Cl)c2Cl)c1. The predicted molar refractivity (Wildman–Crippen MR) is 76.7 cm³/mol. The molecule has 0 amide bonds. The van der Waals surface area contributed by atoms with Crippen molar-refractivity contribution in [1.29, 1.82) is 0 Å². The summed E-state index contributed by atoms with van der Waals surface area (Å²) >= 11 is 11.9. The molecule has 0 aliphatic rings. The molecule has 98 valence electrons. The number of benzene rings is 2. The van der Waals surface area contributed by atoms with Crippen molar-refractivity contribution in [2.24, 2.45) is 5.18 Å². The van der Waals surface area contributed by atoms with Gasteiger partial charge in [-0.1, -0.05) is 58.7 Å². The Morgan fingerprint density at radius 1 is 1.05 bits per heavy atom. The lowest BCUT2D eigenvalue weighted by molar-refractivity contribution is 0.306. The molecule has 2 rings (SSSR count). The van der Waals surface area contributed by atoms with Crippen molar-refractivity contribution in [3.8, 4) is 5.75 Å². The zero-order valence-corrected chi connectivity index (χ0v) is 11.5. The standard InChI is InChI=1S/C14H11Cl2NO2/c15-12-5-2-6-13(14(12)16)19-9-11-4-1-3-10(7-11)8-17-18/h1-7H,8-9H2. The molecule has 0 unspecified atom stereocenters. The van der Waals surface area contributed by atoms with Crippen molar-refractivity contribution in [2.75, 3.05) is 0 Å². The Labute approximate surface area is 121 Å². The van der Waals surface area contributed by atoms with Crippen LogP contribution in [-0.4, -0.2) is 0 Å². The smallest absolute Gasteiger partial charge is 0.139 e.